The van der Waals surface area contributed by atoms with Crippen molar-refractivity contribution in [2.24, 2.45) is 0 Å². The Bertz CT molecular complexity index is 552. The van der Waals surface area contributed by atoms with E-state index in [4.69, 9.17) is 17.0 Å². The summed E-state index contributed by atoms with van der Waals surface area (Å²) >= 11 is 5.18. The molecule has 0 radical (unpaired) electrons. The number of hydrogen-bond donors (Lipinski definition) is 2. The molecule has 0 saturated carbocycles. The van der Waals surface area contributed by atoms with Gasteiger partial charge in [0.1, 0.15) is 0 Å². The van der Waals surface area contributed by atoms with E-state index in [1.165, 1.54) is 0 Å². The molecule has 1 atom stereocenters. The van der Waals surface area contributed by atoms with Gasteiger partial charge in [-0.1, -0.05) is 30.3 Å². The van der Waals surface area contributed by atoms with Gasteiger partial charge < -0.3 is 15.4 Å². The zero-order valence-corrected chi connectivity index (χ0v) is 12.6. The SMILES string of the molecule is CC1=C(C(=O)OC(C)C)C(c2ccccc2)NC(=S)N1. The molecule has 106 valence electrons. The van der Waals surface area contributed by atoms with Crippen molar-refractivity contribution >= 4 is 23.3 Å². The zero-order chi connectivity index (χ0) is 14.7. The van der Waals surface area contributed by atoms with Crippen LogP contribution < -0.4 is 10.6 Å². The second-order valence-corrected chi connectivity index (χ2v) is 5.34. The Kier molecular flexibility index (Phi) is 4.39. The van der Waals surface area contributed by atoms with E-state index in [1.54, 1.807) is 0 Å². The molecule has 0 amide bonds. The molecule has 4 nitrogen and oxygen atoms in total. The predicted octanol–water partition coefficient (Wildman–Crippen LogP) is 2.43. The predicted molar refractivity (Wildman–Crippen MR) is 82.0 cm³/mol. The van der Waals surface area contributed by atoms with Gasteiger partial charge in [-0.3, -0.25) is 0 Å². The van der Waals surface area contributed by atoms with Gasteiger partial charge in [-0.05, 0) is 38.6 Å². The first-order valence-electron chi connectivity index (χ1n) is 6.53. The molecule has 0 fully saturated rings. The molecule has 0 saturated heterocycles. The van der Waals surface area contributed by atoms with Gasteiger partial charge in [0.2, 0.25) is 0 Å². The molecular formula is C15H18N2O2S. The van der Waals surface area contributed by atoms with Crippen molar-refractivity contribution in [2.75, 3.05) is 0 Å². The summed E-state index contributed by atoms with van der Waals surface area (Å²) in [4.78, 5) is 12.3. The van der Waals surface area contributed by atoms with Gasteiger partial charge in [-0.15, -0.1) is 0 Å². The lowest BCUT2D eigenvalue weighted by atomic mass is 9.96. The number of ether oxygens (including phenoxy) is 1. The van der Waals surface area contributed by atoms with E-state index in [0.717, 1.165) is 11.3 Å². The van der Waals surface area contributed by atoms with Crippen LogP contribution in [0, 0.1) is 0 Å². The third-order valence-electron chi connectivity index (χ3n) is 2.96. The Balaban J connectivity index is 2.39. The van der Waals surface area contributed by atoms with E-state index in [1.807, 2.05) is 51.1 Å². The largest absolute Gasteiger partial charge is 0.459 e. The van der Waals surface area contributed by atoms with Gasteiger partial charge in [0, 0.05) is 5.70 Å². The van der Waals surface area contributed by atoms with E-state index in [-0.39, 0.29) is 18.1 Å². The fourth-order valence-electron chi connectivity index (χ4n) is 2.14. The van der Waals surface area contributed by atoms with Crippen molar-refractivity contribution in [3.05, 3.63) is 47.2 Å². The van der Waals surface area contributed by atoms with Crippen LogP contribution in [-0.2, 0) is 9.53 Å². The third kappa shape index (κ3) is 3.17. The van der Waals surface area contributed by atoms with Gasteiger partial charge >= 0.3 is 5.97 Å². The summed E-state index contributed by atoms with van der Waals surface area (Å²) in [7, 11) is 0. The maximum absolute atomic E-state index is 12.3. The molecule has 5 heteroatoms. The average molecular weight is 290 g/mol. The molecule has 1 heterocycles. The van der Waals surface area contributed by atoms with Gasteiger partial charge in [0.05, 0.1) is 17.7 Å². The highest BCUT2D eigenvalue weighted by atomic mass is 32.1. The van der Waals surface area contributed by atoms with E-state index < -0.39 is 0 Å². The molecule has 1 aromatic rings. The van der Waals surface area contributed by atoms with Crippen molar-refractivity contribution in [1.29, 1.82) is 0 Å². The third-order valence-corrected chi connectivity index (χ3v) is 3.18. The molecular weight excluding hydrogens is 272 g/mol. The van der Waals surface area contributed by atoms with Crippen LogP contribution in [-0.4, -0.2) is 17.2 Å². The molecule has 1 unspecified atom stereocenters. The first-order valence-corrected chi connectivity index (χ1v) is 6.94. The molecule has 2 rings (SSSR count). The highest BCUT2D eigenvalue weighted by Gasteiger charge is 2.31. The number of carbonyl (C=O) groups is 1. The summed E-state index contributed by atoms with van der Waals surface area (Å²) in [6, 6.07) is 9.44. The molecule has 2 N–H and O–H groups in total. The average Bonchev–Trinajstić information content (AvgIpc) is 2.37. The normalized spacial score (nSPS) is 18.6. The van der Waals surface area contributed by atoms with Crippen molar-refractivity contribution < 1.29 is 9.53 Å². The first kappa shape index (κ1) is 14.5. The summed E-state index contributed by atoms with van der Waals surface area (Å²) in [6.07, 6.45) is -0.159. The fourth-order valence-corrected chi connectivity index (χ4v) is 2.41. The monoisotopic (exact) mass is 290 g/mol. The number of benzene rings is 1. The van der Waals surface area contributed by atoms with Gasteiger partial charge in [0.15, 0.2) is 5.11 Å². The number of allylic oxidation sites excluding steroid dienone is 1. The highest BCUT2D eigenvalue weighted by Crippen LogP contribution is 2.27. The zero-order valence-electron chi connectivity index (χ0n) is 11.8. The first-order chi connectivity index (χ1) is 9.49. The standard InChI is InChI=1S/C15H18N2O2S/c1-9(2)19-14(18)12-10(3)16-15(20)17-13(12)11-7-5-4-6-8-11/h4-9,13H,1-3H3,(H2,16,17,20). The molecule has 0 bridgehead atoms. The van der Waals surface area contributed by atoms with Crippen LogP contribution in [0.3, 0.4) is 0 Å². The van der Waals surface area contributed by atoms with Crippen LogP contribution in [0.1, 0.15) is 32.4 Å². The Morgan fingerprint density at radius 1 is 1.30 bits per heavy atom. The molecule has 20 heavy (non-hydrogen) atoms. The number of rotatable bonds is 3. The van der Waals surface area contributed by atoms with Crippen molar-refractivity contribution in [2.45, 2.75) is 32.9 Å². The lowest BCUT2D eigenvalue weighted by Gasteiger charge is -2.30. The summed E-state index contributed by atoms with van der Waals surface area (Å²) in [5.74, 6) is -0.325. The molecule has 1 aliphatic rings. The topological polar surface area (TPSA) is 50.4 Å². The van der Waals surface area contributed by atoms with E-state index in [2.05, 4.69) is 10.6 Å². The second kappa shape index (κ2) is 6.05. The smallest absolute Gasteiger partial charge is 0.338 e. The van der Waals surface area contributed by atoms with E-state index in [9.17, 15) is 4.79 Å². The summed E-state index contributed by atoms with van der Waals surface area (Å²) in [6.45, 7) is 5.50. The Hall–Kier alpha value is -1.88. The van der Waals surface area contributed by atoms with Crippen LogP contribution in [0.2, 0.25) is 0 Å². The lowest BCUT2D eigenvalue weighted by Crippen LogP contribution is -2.45. The number of carbonyl (C=O) groups excluding carboxylic acids is 1. The highest BCUT2D eigenvalue weighted by molar-refractivity contribution is 7.80. The van der Waals surface area contributed by atoms with Crippen LogP contribution in [0.25, 0.3) is 0 Å². The van der Waals surface area contributed by atoms with Crippen LogP contribution in [0.4, 0.5) is 0 Å². The summed E-state index contributed by atoms with van der Waals surface area (Å²) < 4.78 is 5.33. The minimum absolute atomic E-state index is 0.159. The molecule has 0 aromatic heterocycles. The van der Waals surface area contributed by atoms with E-state index >= 15 is 0 Å². The van der Waals surface area contributed by atoms with Gasteiger partial charge in [-0.25, -0.2) is 4.79 Å². The maximum Gasteiger partial charge on any atom is 0.338 e. The molecule has 0 aliphatic carbocycles. The van der Waals surface area contributed by atoms with E-state index in [0.29, 0.717) is 10.7 Å². The van der Waals surface area contributed by atoms with Gasteiger partial charge in [-0.2, -0.15) is 0 Å². The number of esters is 1. The van der Waals surface area contributed by atoms with Crippen LogP contribution in [0.15, 0.2) is 41.6 Å². The molecule has 0 spiro atoms. The number of hydrogen-bond acceptors (Lipinski definition) is 3. The van der Waals surface area contributed by atoms with Crippen molar-refractivity contribution in [3.8, 4) is 0 Å². The molecule has 1 aliphatic heterocycles. The maximum atomic E-state index is 12.3. The second-order valence-electron chi connectivity index (χ2n) is 4.93. The Labute approximate surface area is 124 Å². The summed E-state index contributed by atoms with van der Waals surface area (Å²) in [5.41, 5.74) is 2.28. The Morgan fingerprint density at radius 2 is 1.95 bits per heavy atom. The van der Waals surface area contributed by atoms with Crippen molar-refractivity contribution in [1.82, 2.24) is 10.6 Å². The van der Waals surface area contributed by atoms with Gasteiger partial charge in [0.25, 0.3) is 0 Å². The Morgan fingerprint density at radius 3 is 2.55 bits per heavy atom. The minimum Gasteiger partial charge on any atom is -0.459 e. The fraction of sp³-hybridized carbons (Fsp3) is 0.333. The minimum atomic E-state index is -0.325. The summed E-state index contributed by atoms with van der Waals surface area (Å²) in [5, 5.41) is 6.62. The lowest BCUT2D eigenvalue weighted by molar-refractivity contribution is -0.143. The number of nitrogens with one attached hydrogen (secondary N) is 2. The quantitative estimate of drug-likeness (QED) is 0.661. The van der Waals surface area contributed by atoms with Crippen molar-refractivity contribution in [3.63, 3.8) is 0 Å². The molecule has 1 aromatic carbocycles. The van der Waals surface area contributed by atoms with Crippen LogP contribution >= 0.6 is 12.2 Å². The van der Waals surface area contributed by atoms with Crippen LogP contribution in [0.5, 0.6) is 0 Å². The number of thiocarbonyl (C=S) groups is 1.